The van der Waals surface area contributed by atoms with Crippen molar-refractivity contribution in [2.24, 2.45) is 0 Å². The van der Waals surface area contributed by atoms with Crippen LogP contribution in [0.25, 0.3) is 0 Å². The molecule has 0 saturated carbocycles. The van der Waals surface area contributed by atoms with Gasteiger partial charge in [-0.3, -0.25) is 4.18 Å². The van der Waals surface area contributed by atoms with Crippen LogP contribution >= 0.6 is 11.8 Å². The van der Waals surface area contributed by atoms with Crippen LogP contribution in [-0.4, -0.2) is 68.8 Å². The molecule has 0 aliphatic carbocycles. The summed E-state index contributed by atoms with van der Waals surface area (Å²) in [6.07, 6.45) is -2.41. The molecule has 3 aliphatic heterocycles. The molecule has 3 heterocycles. The van der Waals surface area contributed by atoms with E-state index in [0.29, 0.717) is 5.56 Å². The summed E-state index contributed by atoms with van der Waals surface area (Å²) in [5.41, 5.74) is -0.295. The second-order valence-electron chi connectivity index (χ2n) is 7.97. The fraction of sp³-hybridized carbons (Fsp3) is 0.455. The minimum absolute atomic E-state index is 0.166. The van der Waals surface area contributed by atoms with Crippen molar-refractivity contribution in [3.63, 3.8) is 0 Å². The molecule has 3 fully saturated rings. The molecule has 3 saturated heterocycles. The molecule has 1 N–H and O–H groups in total. The maximum atomic E-state index is 12.2. The zero-order valence-electron chi connectivity index (χ0n) is 17.7. The summed E-state index contributed by atoms with van der Waals surface area (Å²) >= 11 is 1.18. The number of hydrogen-bond acceptors (Lipinski definition) is 10. The van der Waals surface area contributed by atoms with Crippen molar-refractivity contribution in [1.82, 2.24) is 0 Å². The summed E-state index contributed by atoms with van der Waals surface area (Å²) in [6.45, 7) is 0.0848. The Morgan fingerprint density at radius 3 is 2.30 bits per heavy atom. The molecular weight excluding hydrogens is 472 g/mol. The van der Waals surface area contributed by atoms with E-state index in [1.54, 1.807) is 0 Å². The van der Waals surface area contributed by atoms with Crippen LogP contribution in [0.1, 0.15) is 11.9 Å². The molecule has 1 spiro atoms. The van der Waals surface area contributed by atoms with Gasteiger partial charge in [-0.1, -0.05) is 60.3 Å². The molecule has 2 aromatic rings. The Balaban J connectivity index is 1.54. The number of ether oxygens (including phenoxy) is 5. The predicted molar refractivity (Wildman–Crippen MR) is 116 cm³/mol. The van der Waals surface area contributed by atoms with Gasteiger partial charge in [-0.2, -0.15) is 8.42 Å². The molecular formula is C22H24O9S2. The Labute approximate surface area is 196 Å². The Bertz CT molecular complexity index is 1060. The van der Waals surface area contributed by atoms with Gasteiger partial charge in [0.25, 0.3) is 10.1 Å². The monoisotopic (exact) mass is 496 g/mol. The average Bonchev–Trinajstić information content (AvgIpc) is 3.27. The van der Waals surface area contributed by atoms with E-state index in [1.165, 1.54) is 11.8 Å². The van der Waals surface area contributed by atoms with Crippen LogP contribution in [0.2, 0.25) is 0 Å². The van der Waals surface area contributed by atoms with Crippen LogP contribution in [0.4, 0.5) is 0 Å². The van der Waals surface area contributed by atoms with Crippen molar-refractivity contribution >= 4 is 21.9 Å². The first-order valence-electron chi connectivity index (χ1n) is 10.4. The van der Waals surface area contributed by atoms with Gasteiger partial charge in [0.2, 0.25) is 11.6 Å². The first-order valence-corrected chi connectivity index (χ1v) is 13.1. The van der Waals surface area contributed by atoms with E-state index >= 15 is 0 Å². The minimum Gasteiger partial charge on any atom is -0.361 e. The number of fused-ring (bicyclic) bond motifs is 2. The standard InChI is InChI=1S/C22H24O9S2/c1-33(24,25)31-17-19(32-16-10-6-3-7-11-16)30-21(23)14-26-18(15-8-4-2-5-9-15)29-20(21)22(17)27-12-13-28-22/h2-11,17-20,23H,12-14H2,1H3/t17-,18?,19?,20-,21+/m0/s1. The average molecular weight is 497 g/mol. The number of aliphatic hydroxyl groups is 1. The molecule has 0 radical (unpaired) electrons. The zero-order chi connectivity index (χ0) is 23.1. The summed E-state index contributed by atoms with van der Waals surface area (Å²) < 4.78 is 59.9. The highest BCUT2D eigenvalue weighted by Gasteiger charge is 2.70. The highest BCUT2D eigenvalue weighted by atomic mass is 32.2. The van der Waals surface area contributed by atoms with Gasteiger partial charge in [0.15, 0.2) is 18.5 Å². The Hall–Kier alpha value is -1.54. The topological polar surface area (TPSA) is 110 Å². The Morgan fingerprint density at radius 1 is 1.03 bits per heavy atom. The molecule has 3 aliphatic rings. The number of rotatable bonds is 5. The first-order chi connectivity index (χ1) is 15.8. The van der Waals surface area contributed by atoms with Crippen molar-refractivity contribution < 1.29 is 41.4 Å². The van der Waals surface area contributed by atoms with Crippen LogP contribution in [0.3, 0.4) is 0 Å². The van der Waals surface area contributed by atoms with Gasteiger partial charge in [0.1, 0.15) is 12.0 Å². The minimum atomic E-state index is -3.96. The van der Waals surface area contributed by atoms with E-state index in [2.05, 4.69) is 0 Å². The van der Waals surface area contributed by atoms with E-state index in [-0.39, 0.29) is 19.8 Å². The number of benzene rings is 2. The summed E-state index contributed by atoms with van der Waals surface area (Å²) in [4.78, 5) is 0.777. The van der Waals surface area contributed by atoms with Crippen molar-refractivity contribution in [2.45, 2.75) is 40.4 Å². The van der Waals surface area contributed by atoms with E-state index in [4.69, 9.17) is 27.9 Å². The molecule has 0 amide bonds. The zero-order valence-corrected chi connectivity index (χ0v) is 19.4. The highest BCUT2D eigenvalue weighted by Crippen LogP contribution is 2.51. The largest absolute Gasteiger partial charge is 0.361 e. The van der Waals surface area contributed by atoms with Gasteiger partial charge in [-0.05, 0) is 12.1 Å². The van der Waals surface area contributed by atoms with Crippen LogP contribution in [0.5, 0.6) is 0 Å². The summed E-state index contributed by atoms with van der Waals surface area (Å²) in [7, 11) is -3.96. The fourth-order valence-corrected chi connectivity index (χ4v) is 6.06. The van der Waals surface area contributed by atoms with Crippen molar-refractivity contribution in [1.29, 1.82) is 0 Å². The SMILES string of the molecule is CS(=O)(=O)O[C@H]1C(Sc2ccccc2)O[C@]2(O)COC(c3ccccc3)O[C@@H]2C12OCCO2. The van der Waals surface area contributed by atoms with Crippen molar-refractivity contribution in [3.8, 4) is 0 Å². The molecule has 5 rings (SSSR count). The molecule has 11 heteroatoms. The first kappa shape index (κ1) is 23.2. The van der Waals surface area contributed by atoms with Crippen molar-refractivity contribution in [2.75, 3.05) is 26.1 Å². The molecule has 2 unspecified atom stereocenters. The van der Waals surface area contributed by atoms with Gasteiger partial charge in [-0.15, -0.1) is 0 Å². The lowest BCUT2D eigenvalue weighted by Gasteiger charge is -2.55. The normalized spacial score (nSPS) is 33.6. The van der Waals surface area contributed by atoms with Crippen LogP contribution in [0.15, 0.2) is 65.6 Å². The highest BCUT2D eigenvalue weighted by molar-refractivity contribution is 7.99. The van der Waals surface area contributed by atoms with Gasteiger partial charge < -0.3 is 28.8 Å². The van der Waals surface area contributed by atoms with Gasteiger partial charge in [-0.25, -0.2) is 0 Å². The van der Waals surface area contributed by atoms with E-state index in [1.807, 2.05) is 60.7 Å². The van der Waals surface area contributed by atoms with Crippen molar-refractivity contribution in [3.05, 3.63) is 66.2 Å². The van der Waals surface area contributed by atoms with Gasteiger partial charge in [0.05, 0.1) is 19.5 Å². The molecule has 0 aromatic heterocycles. The molecule has 5 atom stereocenters. The molecule has 0 bridgehead atoms. The quantitative estimate of drug-likeness (QED) is 0.618. The van der Waals surface area contributed by atoms with Crippen LogP contribution in [-0.2, 0) is 38.0 Å². The summed E-state index contributed by atoms with van der Waals surface area (Å²) in [6, 6.07) is 18.4. The lowest BCUT2D eigenvalue weighted by atomic mass is 9.91. The molecule has 2 aromatic carbocycles. The Kier molecular flexibility index (Phi) is 6.27. The van der Waals surface area contributed by atoms with Gasteiger partial charge >= 0.3 is 0 Å². The van der Waals surface area contributed by atoms with E-state index < -0.39 is 45.6 Å². The van der Waals surface area contributed by atoms with Crippen LogP contribution in [0, 0.1) is 0 Å². The van der Waals surface area contributed by atoms with E-state index in [0.717, 1.165) is 11.2 Å². The van der Waals surface area contributed by atoms with Crippen LogP contribution < -0.4 is 0 Å². The third-order valence-electron chi connectivity index (χ3n) is 5.52. The van der Waals surface area contributed by atoms with E-state index in [9.17, 15) is 13.5 Å². The summed E-state index contributed by atoms with van der Waals surface area (Å²) in [5.74, 6) is -3.71. The molecule has 9 nitrogen and oxygen atoms in total. The summed E-state index contributed by atoms with van der Waals surface area (Å²) in [5, 5.41) is 11.5. The fourth-order valence-electron chi connectivity index (χ4n) is 4.21. The Morgan fingerprint density at radius 2 is 1.67 bits per heavy atom. The maximum Gasteiger partial charge on any atom is 0.264 e. The second-order valence-corrected chi connectivity index (χ2v) is 10.7. The second kappa shape index (κ2) is 8.91. The number of hydrogen-bond donors (Lipinski definition) is 1. The predicted octanol–water partition coefficient (Wildman–Crippen LogP) is 2.03. The third-order valence-corrected chi connectivity index (χ3v) is 7.20. The lowest BCUT2D eigenvalue weighted by molar-refractivity contribution is -0.460. The third kappa shape index (κ3) is 4.57. The smallest absolute Gasteiger partial charge is 0.264 e. The molecule has 33 heavy (non-hydrogen) atoms. The maximum absolute atomic E-state index is 12.2. The number of thioether (sulfide) groups is 1. The lowest BCUT2D eigenvalue weighted by Crippen LogP contribution is -2.75. The molecule has 178 valence electrons. The van der Waals surface area contributed by atoms with Gasteiger partial charge in [0, 0.05) is 10.5 Å².